The van der Waals surface area contributed by atoms with Crippen LogP contribution in [0.15, 0.2) is 12.1 Å². The van der Waals surface area contributed by atoms with Crippen LogP contribution in [0.3, 0.4) is 0 Å². The first-order chi connectivity index (χ1) is 7.79. The van der Waals surface area contributed by atoms with E-state index in [9.17, 15) is 18.3 Å². The summed E-state index contributed by atoms with van der Waals surface area (Å²) >= 11 is 0. The molecule has 1 aromatic carbocycles. The molecule has 0 unspecified atom stereocenters. The highest BCUT2D eigenvalue weighted by atomic mass is 19.4. The van der Waals surface area contributed by atoms with Gasteiger partial charge in [0.05, 0.1) is 0 Å². The Balaban J connectivity index is 2.48. The van der Waals surface area contributed by atoms with E-state index < -0.39 is 12.8 Å². The third kappa shape index (κ3) is 4.62. The number of phenolic OH excluding ortho intramolecular Hbond substituents is 1. The molecule has 0 fully saturated rings. The molecule has 0 spiro atoms. The summed E-state index contributed by atoms with van der Waals surface area (Å²) in [4.78, 5) is 4.27. The molecule has 3 nitrogen and oxygen atoms in total. The summed E-state index contributed by atoms with van der Waals surface area (Å²) < 4.78 is 35.3. The number of hydroxylamine groups is 1. The van der Waals surface area contributed by atoms with E-state index in [1.807, 2.05) is 0 Å². The zero-order valence-electron chi connectivity index (χ0n) is 9.56. The third-order valence-electron chi connectivity index (χ3n) is 2.17. The van der Waals surface area contributed by atoms with Gasteiger partial charge in [-0.05, 0) is 30.5 Å². The van der Waals surface area contributed by atoms with Crippen LogP contribution in [0, 0.1) is 13.8 Å². The van der Waals surface area contributed by atoms with Crippen molar-refractivity contribution in [2.45, 2.75) is 26.6 Å². The number of benzene rings is 1. The molecule has 0 atom stereocenters. The lowest BCUT2D eigenvalue weighted by atomic mass is 10.1. The number of nitrogens with one attached hydrogen (secondary N) is 1. The van der Waals surface area contributed by atoms with Crippen molar-refractivity contribution in [2.75, 3.05) is 6.61 Å². The van der Waals surface area contributed by atoms with Gasteiger partial charge in [-0.15, -0.1) is 0 Å². The minimum atomic E-state index is -4.34. The van der Waals surface area contributed by atoms with Crippen LogP contribution in [-0.2, 0) is 11.4 Å². The molecule has 0 bridgehead atoms. The lowest BCUT2D eigenvalue weighted by Crippen LogP contribution is -2.24. The van der Waals surface area contributed by atoms with Crippen molar-refractivity contribution in [3.63, 3.8) is 0 Å². The van der Waals surface area contributed by atoms with Crippen molar-refractivity contribution < 1.29 is 23.1 Å². The van der Waals surface area contributed by atoms with Crippen molar-refractivity contribution in [3.8, 4) is 5.75 Å². The van der Waals surface area contributed by atoms with Gasteiger partial charge in [-0.25, -0.2) is 0 Å². The van der Waals surface area contributed by atoms with Gasteiger partial charge in [-0.3, -0.25) is 4.84 Å². The van der Waals surface area contributed by atoms with Crippen LogP contribution in [-0.4, -0.2) is 17.9 Å². The zero-order chi connectivity index (χ0) is 13.1. The van der Waals surface area contributed by atoms with Gasteiger partial charge >= 0.3 is 6.18 Å². The van der Waals surface area contributed by atoms with Gasteiger partial charge in [0.2, 0.25) is 0 Å². The first-order valence-electron chi connectivity index (χ1n) is 5.00. The van der Waals surface area contributed by atoms with Gasteiger partial charge in [0.1, 0.15) is 5.75 Å². The molecule has 0 aliphatic rings. The Labute approximate surface area is 97.2 Å². The Bertz CT molecular complexity index is 368. The number of halogens is 3. The average Bonchev–Trinajstić information content (AvgIpc) is 2.19. The number of alkyl halides is 3. The van der Waals surface area contributed by atoms with E-state index in [4.69, 9.17) is 0 Å². The molecule has 0 radical (unpaired) electrons. The summed E-state index contributed by atoms with van der Waals surface area (Å²) in [5, 5.41) is 9.51. The molecule has 2 N–H and O–H groups in total. The van der Waals surface area contributed by atoms with Crippen LogP contribution in [0.25, 0.3) is 0 Å². The third-order valence-corrected chi connectivity index (χ3v) is 2.17. The SMILES string of the molecule is Cc1cc(CNOCC(F)(F)F)cc(C)c1O. The molecule has 0 amide bonds. The Kier molecular flexibility index (Phi) is 4.36. The molecule has 1 rings (SSSR count). The standard InChI is InChI=1S/C11H14F3NO2/c1-7-3-9(4-8(2)10(7)16)5-15-17-6-11(12,13)14/h3-4,15-16H,5-6H2,1-2H3. The van der Waals surface area contributed by atoms with Gasteiger partial charge in [0, 0.05) is 6.54 Å². The van der Waals surface area contributed by atoms with Crippen molar-refractivity contribution in [1.82, 2.24) is 5.48 Å². The highest BCUT2D eigenvalue weighted by Gasteiger charge is 2.27. The molecule has 0 heterocycles. The molecule has 1 aromatic rings. The van der Waals surface area contributed by atoms with Crippen LogP contribution < -0.4 is 5.48 Å². The fraction of sp³-hybridized carbons (Fsp3) is 0.455. The highest BCUT2D eigenvalue weighted by Crippen LogP contribution is 2.22. The minimum Gasteiger partial charge on any atom is -0.507 e. The first kappa shape index (κ1) is 13.8. The number of hydrogen-bond acceptors (Lipinski definition) is 3. The minimum absolute atomic E-state index is 0.151. The smallest absolute Gasteiger partial charge is 0.413 e. The lowest BCUT2D eigenvalue weighted by Gasteiger charge is -2.10. The van der Waals surface area contributed by atoms with Crippen LogP contribution in [0.2, 0.25) is 0 Å². The number of aryl methyl sites for hydroxylation is 2. The van der Waals surface area contributed by atoms with Crippen LogP contribution >= 0.6 is 0 Å². The second-order valence-electron chi connectivity index (χ2n) is 3.80. The maximum atomic E-state index is 11.8. The van der Waals surface area contributed by atoms with E-state index in [1.165, 1.54) is 0 Å². The molecule has 0 saturated heterocycles. The van der Waals surface area contributed by atoms with Gasteiger partial charge in [-0.2, -0.15) is 18.7 Å². The monoisotopic (exact) mass is 249 g/mol. The molecular weight excluding hydrogens is 235 g/mol. The van der Waals surface area contributed by atoms with E-state index in [1.54, 1.807) is 26.0 Å². The molecule has 0 aromatic heterocycles. The lowest BCUT2D eigenvalue weighted by molar-refractivity contribution is -0.190. The largest absolute Gasteiger partial charge is 0.507 e. The van der Waals surface area contributed by atoms with E-state index >= 15 is 0 Å². The molecule has 6 heteroatoms. The predicted octanol–water partition coefficient (Wildman–Crippen LogP) is 2.59. The van der Waals surface area contributed by atoms with E-state index in [2.05, 4.69) is 10.3 Å². The highest BCUT2D eigenvalue weighted by molar-refractivity contribution is 5.41. The molecular formula is C11H14F3NO2. The quantitative estimate of drug-likeness (QED) is 0.636. The van der Waals surface area contributed by atoms with Crippen LogP contribution in [0.5, 0.6) is 5.75 Å². The predicted molar refractivity (Wildman–Crippen MR) is 56.4 cm³/mol. The number of hydrogen-bond donors (Lipinski definition) is 2. The number of rotatable bonds is 4. The fourth-order valence-corrected chi connectivity index (χ4v) is 1.41. The normalized spacial score (nSPS) is 11.8. The van der Waals surface area contributed by atoms with E-state index in [0.717, 1.165) is 5.56 Å². The maximum Gasteiger partial charge on any atom is 0.413 e. The van der Waals surface area contributed by atoms with Crippen LogP contribution in [0.4, 0.5) is 13.2 Å². The van der Waals surface area contributed by atoms with Gasteiger partial charge in [0.25, 0.3) is 0 Å². The number of phenols is 1. The van der Waals surface area contributed by atoms with Crippen molar-refractivity contribution in [2.24, 2.45) is 0 Å². The molecule has 96 valence electrons. The Morgan fingerprint density at radius 1 is 1.24 bits per heavy atom. The Morgan fingerprint density at radius 2 is 1.76 bits per heavy atom. The summed E-state index contributed by atoms with van der Waals surface area (Å²) in [6.07, 6.45) is -4.34. The van der Waals surface area contributed by atoms with Crippen LogP contribution in [0.1, 0.15) is 16.7 Å². The average molecular weight is 249 g/mol. The van der Waals surface area contributed by atoms with Crippen molar-refractivity contribution in [1.29, 1.82) is 0 Å². The molecule has 0 aliphatic carbocycles. The zero-order valence-corrected chi connectivity index (χ0v) is 9.56. The Morgan fingerprint density at radius 3 is 2.24 bits per heavy atom. The van der Waals surface area contributed by atoms with Crippen molar-refractivity contribution in [3.05, 3.63) is 28.8 Å². The van der Waals surface area contributed by atoms with E-state index in [0.29, 0.717) is 11.1 Å². The van der Waals surface area contributed by atoms with Gasteiger partial charge < -0.3 is 5.11 Å². The summed E-state index contributed by atoms with van der Waals surface area (Å²) in [5.74, 6) is 0.199. The van der Waals surface area contributed by atoms with Crippen molar-refractivity contribution >= 4 is 0 Å². The fourth-order valence-electron chi connectivity index (χ4n) is 1.41. The van der Waals surface area contributed by atoms with Gasteiger partial charge in [-0.1, -0.05) is 12.1 Å². The molecule has 0 saturated carbocycles. The van der Waals surface area contributed by atoms with E-state index in [-0.39, 0.29) is 12.3 Å². The second kappa shape index (κ2) is 5.37. The molecule has 0 aliphatic heterocycles. The summed E-state index contributed by atoms with van der Waals surface area (Å²) in [6, 6.07) is 3.37. The topological polar surface area (TPSA) is 41.5 Å². The summed E-state index contributed by atoms with van der Waals surface area (Å²) in [6.45, 7) is 2.27. The van der Waals surface area contributed by atoms with Gasteiger partial charge in [0.15, 0.2) is 6.61 Å². The maximum absolute atomic E-state index is 11.8. The first-order valence-corrected chi connectivity index (χ1v) is 5.00. The summed E-state index contributed by atoms with van der Waals surface area (Å²) in [5.41, 5.74) is 4.34. The number of aromatic hydroxyl groups is 1. The second-order valence-corrected chi connectivity index (χ2v) is 3.80. The summed E-state index contributed by atoms with van der Waals surface area (Å²) in [7, 11) is 0. The molecule has 17 heavy (non-hydrogen) atoms. The Hall–Kier alpha value is -1.27.